The Bertz CT molecular complexity index is 858. The monoisotopic (exact) mass is 383 g/mol. The fourth-order valence-corrected chi connectivity index (χ4v) is 2.17. The number of hydrogen-bond donors (Lipinski definition) is 1. The Labute approximate surface area is 162 Å². The van der Waals surface area contributed by atoms with Crippen molar-refractivity contribution < 1.29 is 24.0 Å². The van der Waals surface area contributed by atoms with Crippen molar-refractivity contribution >= 4 is 29.7 Å². The van der Waals surface area contributed by atoms with E-state index in [1.807, 2.05) is 0 Å². The molecule has 0 unspecified atom stereocenters. The number of ether oxygens (including phenoxy) is 1. The summed E-state index contributed by atoms with van der Waals surface area (Å²) in [4.78, 5) is 41.5. The maximum Gasteiger partial charge on any atom is 0.337 e. The number of rotatable bonds is 7. The van der Waals surface area contributed by atoms with Crippen LogP contribution in [0.15, 0.2) is 53.7 Å². The third-order valence-electron chi connectivity index (χ3n) is 3.63. The van der Waals surface area contributed by atoms with E-state index in [-0.39, 0.29) is 18.4 Å². The van der Waals surface area contributed by atoms with E-state index < -0.39 is 5.97 Å². The number of benzene rings is 2. The SMILES string of the molecule is COC(=O)c1ccc(/C=N/OCC(=O)Nc2ccc(C(=O)N(C)C)cc2)cc1. The second-order valence-electron chi connectivity index (χ2n) is 5.95. The van der Waals surface area contributed by atoms with Crippen molar-refractivity contribution in [1.29, 1.82) is 0 Å². The van der Waals surface area contributed by atoms with Gasteiger partial charge >= 0.3 is 5.97 Å². The van der Waals surface area contributed by atoms with E-state index in [9.17, 15) is 14.4 Å². The first-order chi connectivity index (χ1) is 13.4. The predicted octanol–water partition coefficient (Wildman–Crippen LogP) is 2.16. The number of hydrogen-bond acceptors (Lipinski definition) is 6. The van der Waals surface area contributed by atoms with E-state index in [0.29, 0.717) is 22.4 Å². The van der Waals surface area contributed by atoms with Crippen LogP contribution in [-0.2, 0) is 14.4 Å². The summed E-state index contributed by atoms with van der Waals surface area (Å²) in [5.41, 5.74) is 2.21. The second kappa shape index (κ2) is 9.86. The molecule has 1 N–H and O–H groups in total. The molecule has 0 spiro atoms. The van der Waals surface area contributed by atoms with Crippen LogP contribution in [0, 0.1) is 0 Å². The molecule has 8 heteroatoms. The van der Waals surface area contributed by atoms with Gasteiger partial charge in [0.15, 0.2) is 6.61 Å². The van der Waals surface area contributed by atoms with E-state index in [2.05, 4.69) is 15.2 Å². The Morgan fingerprint density at radius 3 is 2.18 bits per heavy atom. The first kappa shape index (κ1) is 20.6. The predicted molar refractivity (Wildman–Crippen MR) is 104 cm³/mol. The lowest BCUT2D eigenvalue weighted by Gasteiger charge is -2.10. The molecule has 0 bridgehead atoms. The highest BCUT2D eigenvalue weighted by molar-refractivity contribution is 5.96. The highest BCUT2D eigenvalue weighted by Crippen LogP contribution is 2.11. The molecule has 0 aromatic heterocycles. The molecule has 0 aliphatic carbocycles. The van der Waals surface area contributed by atoms with Crippen LogP contribution in [0.2, 0.25) is 0 Å². The quantitative estimate of drug-likeness (QED) is 0.449. The number of anilines is 1. The van der Waals surface area contributed by atoms with Crippen LogP contribution in [0.3, 0.4) is 0 Å². The molecule has 0 aliphatic rings. The van der Waals surface area contributed by atoms with Crippen molar-refractivity contribution in [3.63, 3.8) is 0 Å². The number of nitrogens with zero attached hydrogens (tertiary/aromatic N) is 2. The van der Waals surface area contributed by atoms with E-state index in [1.165, 1.54) is 18.2 Å². The molecule has 0 saturated carbocycles. The van der Waals surface area contributed by atoms with Crippen molar-refractivity contribution in [2.75, 3.05) is 33.1 Å². The summed E-state index contributed by atoms with van der Waals surface area (Å²) in [5, 5.41) is 6.37. The number of carbonyl (C=O) groups is 3. The molecule has 0 saturated heterocycles. The molecule has 2 rings (SSSR count). The van der Waals surface area contributed by atoms with Crippen LogP contribution in [0.25, 0.3) is 0 Å². The van der Waals surface area contributed by atoms with Gasteiger partial charge in [-0.25, -0.2) is 4.79 Å². The third-order valence-corrected chi connectivity index (χ3v) is 3.63. The minimum absolute atomic E-state index is 0.116. The summed E-state index contributed by atoms with van der Waals surface area (Å²) in [5.74, 6) is -0.921. The Hall–Kier alpha value is -3.68. The summed E-state index contributed by atoms with van der Waals surface area (Å²) < 4.78 is 4.62. The molecule has 8 nitrogen and oxygen atoms in total. The molecule has 2 amide bonds. The highest BCUT2D eigenvalue weighted by Gasteiger charge is 2.08. The zero-order chi connectivity index (χ0) is 20.5. The van der Waals surface area contributed by atoms with Crippen molar-refractivity contribution in [2.24, 2.45) is 5.16 Å². The van der Waals surface area contributed by atoms with Crippen LogP contribution in [-0.4, -0.2) is 56.7 Å². The van der Waals surface area contributed by atoms with Crippen molar-refractivity contribution in [3.05, 3.63) is 65.2 Å². The summed E-state index contributed by atoms with van der Waals surface area (Å²) in [6.45, 7) is -0.269. The number of esters is 1. The summed E-state index contributed by atoms with van der Waals surface area (Å²) >= 11 is 0. The van der Waals surface area contributed by atoms with Crippen LogP contribution < -0.4 is 5.32 Å². The largest absolute Gasteiger partial charge is 0.465 e. The third kappa shape index (κ3) is 5.94. The van der Waals surface area contributed by atoms with Gasteiger partial charge in [-0.15, -0.1) is 0 Å². The van der Waals surface area contributed by atoms with E-state index in [0.717, 1.165) is 0 Å². The lowest BCUT2D eigenvalue weighted by atomic mass is 10.1. The van der Waals surface area contributed by atoms with Gasteiger partial charge in [0.05, 0.1) is 18.9 Å². The first-order valence-electron chi connectivity index (χ1n) is 8.36. The maximum atomic E-state index is 11.9. The smallest absolute Gasteiger partial charge is 0.337 e. The molecule has 146 valence electrons. The van der Waals surface area contributed by atoms with Gasteiger partial charge < -0.3 is 19.8 Å². The van der Waals surface area contributed by atoms with Gasteiger partial charge in [-0.1, -0.05) is 17.3 Å². The molecule has 28 heavy (non-hydrogen) atoms. The molecule has 0 aliphatic heterocycles. The van der Waals surface area contributed by atoms with Crippen LogP contribution in [0.1, 0.15) is 26.3 Å². The number of oxime groups is 1. The normalized spacial score (nSPS) is 10.4. The zero-order valence-corrected chi connectivity index (χ0v) is 15.8. The fraction of sp³-hybridized carbons (Fsp3) is 0.200. The van der Waals surface area contributed by atoms with Gasteiger partial charge in [0.1, 0.15) is 0 Å². The Morgan fingerprint density at radius 1 is 1.00 bits per heavy atom. The number of amides is 2. The average molecular weight is 383 g/mol. The summed E-state index contributed by atoms with van der Waals surface area (Å²) in [6.07, 6.45) is 1.43. The molecule has 0 fully saturated rings. The Morgan fingerprint density at radius 2 is 1.61 bits per heavy atom. The molecule has 0 atom stereocenters. The molecule has 2 aromatic rings. The molecular weight excluding hydrogens is 362 g/mol. The van der Waals surface area contributed by atoms with Gasteiger partial charge in [0, 0.05) is 25.3 Å². The van der Waals surface area contributed by atoms with Gasteiger partial charge in [0.25, 0.3) is 11.8 Å². The second-order valence-corrected chi connectivity index (χ2v) is 5.95. The molecule has 0 heterocycles. The van der Waals surface area contributed by atoms with E-state index in [1.54, 1.807) is 62.6 Å². The lowest BCUT2D eigenvalue weighted by molar-refractivity contribution is -0.120. The maximum absolute atomic E-state index is 11.9. The summed E-state index contributed by atoms with van der Waals surface area (Å²) in [6, 6.07) is 13.1. The molecular formula is C20H21N3O5. The number of carbonyl (C=O) groups excluding carboxylic acids is 3. The lowest BCUT2D eigenvalue weighted by Crippen LogP contribution is -2.21. The fourth-order valence-electron chi connectivity index (χ4n) is 2.17. The Kier molecular flexibility index (Phi) is 7.27. The average Bonchev–Trinajstić information content (AvgIpc) is 2.71. The summed E-state index contributed by atoms with van der Waals surface area (Å²) in [7, 11) is 4.65. The number of methoxy groups -OCH3 is 1. The minimum atomic E-state index is -0.421. The molecule has 2 aromatic carbocycles. The van der Waals surface area contributed by atoms with Crippen molar-refractivity contribution in [2.45, 2.75) is 0 Å². The number of nitrogens with one attached hydrogen (secondary N) is 1. The van der Waals surface area contributed by atoms with Gasteiger partial charge in [-0.05, 0) is 42.0 Å². The highest BCUT2D eigenvalue weighted by atomic mass is 16.6. The molecule has 0 radical (unpaired) electrons. The first-order valence-corrected chi connectivity index (χ1v) is 8.36. The van der Waals surface area contributed by atoms with E-state index in [4.69, 9.17) is 4.84 Å². The minimum Gasteiger partial charge on any atom is -0.465 e. The van der Waals surface area contributed by atoms with Gasteiger partial charge in [0.2, 0.25) is 0 Å². The van der Waals surface area contributed by atoms with Gasteiger partial charge in [-0.3, -0.25) is 9.59 Å². The standard InChI is InChI=1S/C20H21N3O5/c1-23(2)19(25)15-8-10-17(11-9-15)22-18(24)13-28-21-12-14-4-6-16(7-5-14)20(26)27-3/h4-12H,13H2,1-3H3,(H,22,24)/b21-12+. The zero-order valence-electron chi connectivity index (χ0n) is 15.8. The van der Waals surface area contributed by atoms with Crippen molar-refractivity contribution in [3.8, 4) is 0 Å². The topological polar surface area (TPSA) is 97.3 Å². The van der Waals surface area contributed by atoms with Gasteiger partial charge in [-0.2, -0.15) is 0 Å². The van der Waals surface area contributed by atoms with Crippen LogP contribution in [0.5, 0.6) is 0 Å². The van der Waals surface area contributed by atoms with Crippen LogP contribution in [0.4, 0.5) is 5.69 Å². The Balaban J connectivity index is 1.80. The van der Waals surface area contributed by atoms with Crippen LogP contribution >= 0.6 is 0 Å². The van der Waals surface area contributed by atoms with E-state index >= 15 is 0 Å². The van der Waals surface area contributed by atoms with Crippen molar-refractivity contribution in [1.82, 2.24) is 4.90 Å².